The van der Waals surface area contributed by atoms with Crippen molar-refractivity contribution in [1.82, 2.24) is 9.80 Å². The monoisotopic (exact) mass is 439 g/mol. The number of piperazine rings is 1. The molecule has 27 heavy (non-hydrogen) atoms. The topological polar surface area (TPSA) is 36.0 Å². The molecular weight excluding hydrogens is 406 g/mol. The highest BCUT2D eigenvalue weighted by Gasteiger charge is 2.23. The molecule has 1 amide bonds. The van der Waals surface area contributed by atoms with Crippen LogP contribution < -0.4 is 4.90 Å². The lowest BCUT2D eigenvalue weighted by atomic mass is 10.1. The van der Waals surface area contributed by atoms with Crippen LogP contribution >= 0.6 is 15.9 Å². The first-order valence-corrected chi connectivity index (χ1v) is 10.9. The van der Waals surface area contributed by atoms with Crippen molar-refractivity contribution < 1.29 is 9.53 Å². The van der Waals surface area contributed by atoms with Gasteiger partial charge in [0.1, 0.15) is 0 Å². The summed E-state index contributed by atoms with van der Waals surface area (Å²) in [5.41, 5.74) is 2.69. The second-order valence-corrected chi connectivity index (χ2v) is 8.37. The molecule has 6 heteroatoms. The predicted molar refractivity (Wildman–Crippen MR) is 115 cm³/mol. The second-order valence-electron chi connectivity index (χ2n) is 7.46. The van der Waals surface area contributed by atoms with Crippen LogP contribution in [0.4, 0.5) is 10.5 Å². The summed E-state index contributed by atoms with van der Waals surface area (Å²) in [5.74, 6) is 0. The summed E-state index contributed by atoms with van der Waals surface area (Å²) in [7, 11) is 0. The molecule has 1 aliphatic rings. The fraction of sp³-hybridized carbons (Fsp3) is 0.667. The van der Waals surface area contributed by atoms with Crippen molar-refractivity contribution in [1.29, 1.82) is 0 Å². The van der Waals surface area contributed by atoms with E-state index < -0.39 is 0 Å². The Balaban J connectivity index is 2.02. The summed E-state index contributed by atoms with van der Waals surface area (Å²) in [5, 5.41) is 0. The molecule has 1 fully saturated rings. The Morgan fingerprint density at radius 3 is 2.33 bits per heavy atom. The standard InChI is InChI=1S/C21H34BrN3O2/c1-5-9-24(10-6-2)20-15-19(22)8-7-18(20)16-23-11-13-25(14-12-23)21(26)27-17(3)4/h7-8,15,17H,5-6,9-14,16H2,1-4H3. The number of ether oxygens (including phenoxy) is 1. The fourth-order valence-corrected chi connectivity index (χ4v) is 3.81. The lowest BCUT2D eigenvalue weighted by Gasteiger charge is -2.35. The minimum Gasteiger partial charge on any atom is -0.447 e. The van der Waals surface area contributed by atoms with Gasteiger partial charge in [0.15, 0.2) is 0 Å². The van der Waals surface area contributed by atoms with Gasteiger partial charge in [0, 0.05) is 56.0 Å². The molecule has 5 nitrogen and oxygen atoms in total. The van der Waals surface area contributed by atoms with Crippen LogP contribution in [0.2, 0.25) is 0 Å². The minimum absolute atomic E-state index is 0.0658. The number of hydrogen-bond acceptors (Lipinski definition) is 4. The fourth-order valence-electron chi connectivity index (χ4n) is 3.46. The maximum absolute atomic E-state index is 12.1. The van der Waals surface area contributed by atoms with Crippen LogP contribution in [-0.2, 0) is 11.3 Å². The zero-order chi connectivity index (χ0) is 19.8. The molecule has 0 aliphatic carbocycles. The third-order valence-corrected chi connectivity index (χ3v) is 5.23. The first-order valence-electron chi connectivity index (χ1n) is 10.2. The van der Waals surface area contributed by atoms with Gasteiger partial charge in [-0.25, -0.2) is 4.79 Å². The van der Waals surface area contributed by atoms with Gasteiger partial charge >= 0.3 is 6.09 Å². The van der Waals surface area contributed by atoms with Gasteiger partial charge in [-0.1, -0.05) is 35.8 Å². The Labute approximate surface area is 172 Å². The van der Waals surface area contributed by atoms with Gasteiger partial charge in [0.2, 0.25) is 0 Å². The molecule has 1 aromatic carbocycles. The number of anilines is 1. The molecule has 1 saturated heterocycles. The van der Waals surface area contributed by atoms with E-state index in [0.29, 0.717) is 0 Å². The molecule has 1 aliphatic heterocycles. The van der Waals surface area contributed by atoms with E-state index in [2.05, 4.69) is 57.8 Å². The van der Waals surface area contributed by atoms with Crippen molar-refractivity contribution in [3.8, 4) is 0 Å². The molecule has 0 spiro atoms. The number of halogens is 1. The molecule has 0 radical (unpaired) electrons. The van der Waals surface area contributed by atoms with Crippen molar-refractivity contribution >= 4 is 27.7 Å². The molecule has 2 rings (SSSR count). The maximum atomic E-state index is 12.1. The molecule has 1 aromatic rings. The van der Waals surface area contributed by atoms with Crippen LogP contribution in [0, 0.1) is 0 Å². The quantitative estimate of drug-likeness (QED) is 0.585. The Kier molecular flexibility index (Phi) is 8.90. The van der Waals surface area contributed by atoms with Crippen LogP contribution in [0.5, 0.6) is 0 Å². The SMILES string of the molecule is CCCN(CCC)c1cc(Br)ccc1CN1CCN(C(=O)OC(C)C)CC1. The summed E-state index contributed by atoms with van der Waals surface area (Å²) in [4.78, 5) is 18.8. The Morgan fingerprint density at radius 1 is 1.15 bits per heavy atom. The van der Waals surface area contributed by atoms with E-state index in [1.807, 2.05) is 18.7 Å². The van der Waals surface area contributed by atoms with E-state index in [0.717, 1.165) is 63.1 Å². The zero-order valence-corrected chi connectivity index (χ0v) is 18.8. The van der Waals surface area contributed by atoms with E-state index in [9.17, 15) is 4.79 Å². The molecule has 0 unspecified atom stereocenters. The number of benzene rings is 1. The van der Waals surface area contributed by atoms with Gasteiger partial charge in [-0.05, 0) is 44.4 Å². The molecule has 0 N–H and O–H groups in total. The summed E-state index contributed by atoms with van der Waals surface area (Å²) < 4.78 is 6.44. The van der Waals surface area contributed by atoms with Crippen molar-refractivity contribution in [2.45, 2.75) is 53.2 Å². The Hall–Kier alpha value is -1.27. The molecule has 152 valence electrons. The molecular formula is C21H34BrN3O2. The zero-order valence-electron chi connectivity index (χ0n) is 17.2. The van der Waals surface area contributed by atoms with Crippen LogP contribution in [-0.4, -0.2) is 61.3 Å². The Bertz CT molecular complexity index is 595. The van der Waals surface area contributed by atoms with Crippen LogP contribution in [0.1, 0.15) is 46.1 Å². The molecule has 0 saturated carbocycles. The van der Waals surface area contributed by atoms with Gasteiger partial charge in [-0.15, -0.1) is 0 Å². The first-order chi connectivity index (χ1) is 12.9. The summed E-state index contributed by atoms with van der Waals surface area (Å²) in [6, 6.07) is 6.61. The number of hydrogen-bond donors (Lipinski definition) is 0. The largest absolute Gasteiger partial charge is 0.447 e. The van der Waals surface area contributed by atoms with E-state index in [-0.39, 0.29) is 12.2 Å². The van der Waals surface area contributed by atoms with Crippen molar-refractivity contribution in [3.05, 3.63) is 28.2 Å². The lowest BCUT2D eigenvalue weighted by Crippen LogP contribution is -2.48. The molecule has 1 heterocycles. The number of rotatable bonds is 8. The molecule has 0 bridgehead atoms. The molecule has 0 aromatic heterocycles. The van der Waals surface area contributed by atoms with Crippen LogP contribution in [0.15, 0.2) is 22.7 Å². The third kappa shape index (κ3) is 6.68. The van der Waals surface area contributed by atoms with E-state index in [1.165, 1.54) is 11.3 Å². The Morgan fingerprint density at radius 2 is 1.78 bits per heavy atom. The van der Waals surface area contributed by atoms with Crippen molar-refractivity contribution in [2.24, 2.45) is 0 Å². The van der Waals surface area contributed by atoms with Gasteiger partial charge in [-0.3, -0.25) is 4.90 Å². The summed E-state index contributed by atoms with van der Waals surface area (Å²) in [6.45, 7) is 14.5. The van der Waals surface area contributed by atoms with Gasteiger partial charge < -0.3 is 14.5 Å². The highest BCUT2D eigenvalue weighted by molar-refractivity contribution is 9.10. The van der Waals surface area contributed by atoms with Crippen LogP contribution in [0.25, 0.3) is 0 Å². The van der Waals surface area contributed by atoms with E-state index in [4.69, 9.17) is 4.74 Å². The van der Waals surface area contributed by atoms with Gasteiger partial charge in [0.25, 0.3) is 0 Å². The second kappa shape index (κ2) is 10.9. The number of amides is 1. The molecule has 0 atom stereocenters. The van der Waals surface area contributed by atoms with Gasteiger partial charge in [-0.2, -0.15) is 0 Å². The lowest BCUT2D eigenvalue weighted by molar-refractivity contribution is 0.0559. The van der Waals surface area contributed by atoms with Crippen molar-refractivity contribution in [2.75, 3.05) is 44.2 Å². The minimum atomic E-state index is -0.189. The summed E-state index contributed by atoms with van der Waals surface area (Å²) in [6.07, 6.45) is 2.03. The number of carbonyl (C=O) groups is 1. The normalized spacial score (nSPS) is 15.3. The third-order valence-electron chi connectivity index (χ3n) is 4.74. The first kappa shape index (κ1) is 22.0. The predicted octanol–water partition coefficient (Wildman–Crippen LogP) is 4.74. The maximum Gasteiger partial charge on any atom is 0.410 e. The average Bonchev–Trinajstić information content (AvgIpc) is 2.63. The van der Waals surface area contributed by atoms with Crippen LogP contribution in [0.3, 0.4) is 0 Å². The highest BCUT2D eigenvalue weighted by Crippen LogP contribution is 2.27. The highest BCUT2D eigenvalue weighted by atomic mass is 79.9. The average molecular weight is 440 g/mol. The van der Waals surface area contributed by atoms with E-state index in [1.54, 1.807) is 0 Å². The van der Waals surface area contributed by atoms with Gasteiger partial charge in [0.05, 0.1) is 6.10 Å². The smallest absolute Gasteiger partial charge is 0.410 e. The summed E-state index contributed by atoms with van der Waals surface area (Å²) >= 11 is 3.64. The number of nitrogens with zero attached hydrogens (tertiary/aromatic N) is 3. The van der Waals surface area contributed by atoms with Crippen molar-refractivity contribution in [3.63, 3.8) is 0 Å². The number of carbonyl (C=O) groups excluding carboxylic acids is 1. The van der Waals surface area contributed by atoms with E-state index >= 15 is 0 Å².